The Morgan fingerprint density at radius 2 is 1.56 bits per heavy atom. The first-order chi connectivity index (χ1) is 8.54. The van der Waals surface area contributed by atoms with Crippen molar-refractivity contribution in [3.05, 3.63) is 70.8 Å². The van der Waals surface area contributed by atoms with Crippen molar-refractivity contribution in [1.82, 2.24) is 0 Å². The van der Waals surface area contributed by atoms with E-state index >= 15 is 0 Å². The molecule has 0 radical (unpaired) electrons. The lowest BCUT2D eigenvalue weighted by Gasteiger charge is -2.26. The van der Waals surface area contributed by atoms with Gasteiger partial charge in [-0.25, -0.2) is 0 Å². The predicted octanol–water partition coefficient (Wildman–Crippen LogP) is 2.68. The van der Waals surface area contributed by atoms with Crippen LogP contribution in [-0.2, 0) is 12.1 Å². The molecule has 18 heavy (non-hydrogen) atoms. The van der Waals surface area contributed by atoms with E-state index in [1.165, 1.54) is 11.1 Å². The van der Waals surface area contributed by atoms with E-state index in [9.17, 15) is 0 Å². The summed E-state index contributed by atoms with van der Waals surface area (Å²) in [5, 5.41) is 0. The second kappa shape index (κ2) is 4.92. The molecular formula is C16H20N2. The van der Waals surface area contributed by atoms with Crippen molar-refractivity contribution in [3.8, 4) is 0 Å². The van der Waals surface area contributed by atoms with Crippen LogP contribution in [0, 0.1) is 6.92 Å². The molecule has 2 heteroatoms. The van der Waals surface area contributed by atoms with E-state index < -0.39 is 5.66 Å². The van der Waals surface area contributed by atoms with Crippen LogP contribution in [0.5, 0.6) is 0 Å². The van der Waals surface area contributed by atoms with Gasteiger partial charge >= 0.3 is 0 Å². The van der Waals surface area contributed by atoms with E-state index in [1.807, 2.05) is 43.3 Å². The van der Waals surface area contributed by atoms with Gasteiger partial charge < -0.3 is 11.5 Å². The van der Waals surface area contributed by atoms with Crippen LogP contribution in [-0.4, -0.2) is 0 Å². The van der Waals surface area contributed by atoms with Crippen LogP contribution >= 0.6 is 0 Å². The molecule has 2 nitrogen and oxygen atoms in total. The lowest BCUT2D eigenvalue weighted by atomic mass is 9.91. The highest BCUT2D eigenvalue weighted by molar-refractivity contribution is 5.39. The molecule has 0 aliphatic carbocycles. The Balaban J connectivity index is 2.46. The topological polar surface area (TPSA) is 52.0 Å². The summed E-state index contributed by atoms with van der Waals surface area (Å²) >= 11 is 0. The Kier molecular flexibility index (Phi) is 3.50. The van der Waals surface area contributed by atoms with Crippen LogP contribution < -0.4 is 11.5 Å². The second-order valence-corrected chi connectivity index (χ2v) is 4.79. The highest BCUT2D eigenvalue weighted by atomic mass is 15.0. The first-order valence-electron chi connectivity index (χ1n) is 6.28. The molecular weight excluding hydrogens is 220 g/mol. The molecule has 94 valence electrons. The molecule has 0 aliphatic rings. The fourth-order valence-electron chi connectivity index (χ4n) is 2.12. The molecule has 0 unspecified atom stereocenters. The van der Waals surface area contributed by atoms with Crippen molar-refractivity contribution in [1.29, 1.82) is 0 Å². The molecule has 2 rings (SSSR count). The zero-order valence-corrected chi connectivity index (χ0v) is 11.0. The third kappa shape index (κ3) is 2.45. The van der Waals surface area contributed by atoms with Crippen molar-refractivity contribution >= 4 is 0 Å². The van der Waals surface area contributed by atoms with Gasteiger partial charge in [0.15, 0.2) is 0 Å². The van der Waals surface area contributed by atoms with Gasteiger partial charge in [0, 0.05) is 0 Å². The number of nitrogens with two attached hydrogens (primary N) is 2. The van der Waals surface area contributed by atoms with Gasteiger partial charge in [0.1, 0.15) is 5.66 Å². The highest BCUT2D eigenvalue weighted by Crippen LogP contribution is 2.23. The summed E-state index contributed by atoms with van der Waals surface area (Å²) in [6.45, 7) is 4.17. The highest BCUT2D eigenvalue weighted by Gasteiger charge is 2.24. The standard InChI is InChI=1S/C16H20N2/c1-3-13-7-5-9-15(11-13)16(17,18)14-8-4-6-12(2)10-14/h4-11H,3,17-18H2,1-2H3. The molecule has 2 aromatic rings. The minimum absolute atomic E-state index is 0.933. The zero-order chi connectivity index (χ0) is 13.2. The Hall–Kier alpha value is -1.64. The smallest absolute Gasteiger partial charge is 0.116 e. The van der Waals surface area contributed by atoms with Gasteiger partial charge in [-0.3, -0.25) is 0 Å². The Bertz CT molecular complexity index is 544. The second-order valence-electron chi connectivity index (χ2n) is 4.79. The van der Waals surface area contributed by atoms with Crippen molar-refractivity contribution in [2.24, 2.45) is 11.5 Å². The summed E-state index contributed by atoms with van der Waals surface area (Å²) in [5.41, 5.74) is 16.0. The van der Waals surface area contributed by atoms with E-state index in [1.54, 1.807) is 0 Å². The van der Waals surface area contributed by atoms with Crippen LogP contribution in [0.2, 0.25) is 0 Å². The molecule has 0 bridgehead atoms. The van der Waals surface area contributed by atoms with E-state index in [2.05, 4.69) is 19.1 Å². The third-order valence-electron chi connectivity index (χ3n) is 3.31. The largest absolute Gasteiger partial charge is 0.306 e. The minimum atomic E-state index is -0.933. The minimum Gasteiger partial charge on any atom is -0.306 e. The van der Waals surface area contributed by atoms with Gasteiger partial charge in [0.25, 0.3) is 0 Å². The maximum absolute atomic E-state index is 6.33. The van der Waals surface area contributed by atoms with E-state index in [-0.39, 0.29) is 0 Å². The normalized spacial score (nSPS) is 11.6. The van der Waals surface area contributed by atoms with Gasteiger partial charge in [-0.1, -0.05) is 61.0 Å². The summed E-state index contributed by atoms with van der Waals surface area (Å²) in [6.07, 6.45) is 0.984. The Morgan fingerprint density at radius 1 is 0.944 bits per heavy atom. The molecule has 0 amide bonds. The average molecular weight is 240 g/mol. The van der Waals surface area contributed by atoms with Gasteiger partial charge in [0.05, 0.1) is 0 Å². The van der Waals surface area contributed by atoms with Gasteiger partial charge in [-0.05, 0) is 30.0 Å². The van der Waals surface area contributed by atoms with Gasteiger partial charge in [0.2, 0.25) is 0 Å². The summed E-state index contributed by atoms with van der Waals surface area (Å²) in [5.74, 6) is 0. The van der Waals surface area contributed by atoms with Crippen LogP contribution in [0.3, 0.4) is 0 Å². The Morgan fingerprint density at radius 3 is 2.17 bits per heavy atom. The lowest BCUT2D eigenvalue weighted by Crippen LogP contribution is -2.47. The summed E-state index contributed by atoms with van der Waals surface area (Å²) < 4.78 is 0. The fourth-order valence-corrected chi connectivity index (χ4v) is 2.12. The maximum Gasteiger partial charge on any atom is 0.116 e. The molecule has 0 heterocycles. The van der Waals surface area contributed by atoms with E-state index in [4.69, 9.17) is 11.5 Å². The van der Waals surface area contributed by atoms with Gasteiger partial charge in [-0.15, -0.1) is 0 Å². The number of hydrogen-bond acceptors (Lipinski definition) is 2. The molecule has 2 aromatic carbocycles. The Labute approximate surface area is 109 Å². The SMILES string of the molecule is CCc1cccc(C(N)(N)c2cccc(C)c2)c1. The molecule has 0 saturated heterocycles. The van der Waals surface area contributed by atoms with Crippen molar-refractivity contribution < 1.29 is 0 Å². The zero-order valence-electron chi connectivity index (χ0n) is 11.0. The number of hydrogen-bond donors (Lipinski definition) is 2. The quantitative estimate of drug-likeness (QED) is 0.810. The number of benzene rings is 2. The monoisotopic (exact) mass is 240 g/mol. The predicted molar refractivity (Wildman–Crippen MR) is 76.2 cm³/mol. The molecule has 0 fully saturated rings. The summed E-state index contributed by atoms with van der Waals surface area (Å²) in [6, 6.07) is 16.2. The lowest BCUT2D eigenvalue weighted by molar-refractivity contribution is 0.566. The first kappa shape index (κ1) is 12.8. The average Bonchev–Trinajstić information content (AvgIpc) is 2.39. The molecule has 0 atom stereocenters. The van der Waals surface area contributed by atoms with Crippen molar-refractivity contribution in [3.63, 3.8) is 0 Å². The summed E-state index contributed by atoms with van der Waals surface area (Å²) in [7, 11) is 0. The fraction of sp³-hybridized carbons (Fsp3) is 0.250. The third-order valence-corrected chi connectivity index (χ3v) is 3.31. The van der Waals surface area contributed by atoms with Crippen LogP contribution in [0.15, 0.2) is 48.5 Å². The van der Waals surface area contributed by atoms with Crippen LogP contribution in [0.1, 0.15) is 29.2 Å². The van der Waals surface area contributed by atoms with Crippen molar-refractivity contribution in [2.75, 3.05) is 0 Å². The molecule has 0 aliphatic heterocycles. The molecule has 4 N–H and O–H groups in total. The van der Waals surface area contributed by atoms with E-state index in [0.29, 0.717) is 0 Å². The molecule has 0 saturated carbocycles. The van der Waals surface area contributed by atoms with E-state index in [0.717, 1.165) is 17.5 Å². The van der Waals surface area contributed by atoms with Gasteiger partial charge in [-0.2, -0.15) is 0 Å². The number of rotatable bonds is 3. The molecule has 0 aromatic heterocycles. The number of aryl methyl sites for hydroxylation is 2. The van der Waals surface area contributed by atoms with Crippen molar-refractivity contribution in [2.45, 2.75) is 25.9 Å². The van der Waals surface area contributed by atoms with Crippen LogP contribution in [0.4, 0.5) is 0 Å². The summed E-state index contributed by atoms with van der Waals surface area (Å²) in [4.78, 5) is 0. The first-order valence-corrected chi connectivity index (χ1v) is 6.28. The molecule has 0 spiro atoms. The maximum atomic E-state index is 6.33. The van der Waals surface area contributed by atoms with Crippen LogP contribution in [0.25, 0.3) is 0 Å².